The second-order valence-electron chi connectivity index (χ2n) is 4.62. The fourth-order valence-electron chi connectivity index (χ4n) is 2.26. The summed E-state index contributed by atoms with van der Waals surface area (Å²) in [7, 11) is 2.84. The van der Waals surface area contributed by atoms with Crippen molar-refractivity contribution in [2.24, 2.45) is 0 Å². The number of aromatic carboxylic acids is 1. The van der Waals surface area contributed by atoms with Crippen molar-refractivity contribution in [3.63, 3.8) is 0 Å². The molecule has 0 saturated heterocycles. The number of phenolic OH excluding ortho intramolecular Hbond substituents is 2. The molecule has 2 rings (SSSR count). The quantitative estimate of drug-likeness (QED) is 0.785. The molecule has 0 aliphatic heterocycles. The van der Waals surface area contributed by atoms with E-state index in [4.69, 9.17) is 9.47 Å². The van der Waals surface area contributed by atoms with Crippen molar-refractivity contribution in [3.8, 4) is 23.0 Å². The van der Waals surface area contributed by atoms with Crippen LogP contribution < -0.4 is 9.47 Å². The van der Waals surface area contributed by atoms with Gasteiger partial charge in [0.2, 0.25) is 0 Å². The van der Waals surface area contributed by atoms with Gasteiger partial charge in [-0.25, -0.2) is 4.79 Å². The maximum absolute atomic E-state index is 11.3. The summed E-state index contributed by atoms with van der Waals surface area (Å²) in [5, 5.41) is 28.5. The fourth-order valence-corrected chi connectivity index (χ4v) is 2.26. The summed E-state index contributed by atoms with van der Waals surface area (Å²) in [6.45, 7) is 0. The number of carbonyl (C=O) groups is 1. The Bertz CT molecular complexity index is 708. The van der Waals surface area contributed by atoms with Crippen molar-refractivity contribution >= 4 is 5.97 Å². The lowest BCUT2D eigenvalue weighted by atomic mass is 9.99. The number of hydrogen-bond acceptors (Lipinski definition) is 5. The van der Waals surface area contributed by atoms with E-state index < -0.39 is 5.97 Å². The van der Waals surface area contributed by atoms with Crippen LogP contribution in [-0.2, 0) is 6.42 Å². The molecule has 0 heterocycles. The summed E-state index contributed by atoms with van der Waals surface area (Å²) in [4.78, 5) is 11.3. The first-order valence-electron chi connectivity index (χ1n) is 6.46. The lowest BCUT2D eigenvalue weighted by Gasteiger charge is -2.16. The predicted molar refractivity (Wildman–Crippen MR) is 79.1 cm³/mol. The number of methoxy groups -OCH3 is 2. The molecule has 116 valence electrons. The maximum atomic E-state index is 11.3. The van der Waals surface area contributed by atoms with Crippen molar-refractivity contribution in [1.82, 2.24) is 0 Å². The van der Waals surface area contributed by atoms with E-state index in [2.05, 4.69) is 0 Å². The molecular weight excluding hydrogens is 288 g/mol. The van der Waals surface area contributed by atoms with Crippen LogP contribution >= 0.6 is 0 Å². The van der Waals surface area contributed by atoms with E-state index in [1.165, 1.54) is 32.4 Å². The van der Waals surface area contributed by atoms with Gasteiger partial charge in [0.25, 0.3) is 0 Å². The molecule has 0 fully saturated rings. The van der Waals surface area contributed by atoms with Crippen molar-refractivity contribution in [3.05, 3.63) is 47.0 Å². The Kier molecular flexibility index (Phi) is 4.41. The van der Waals surface area contributed by atoms with E-state index in [0.717, 1.165) is 0 Å². The monoisotopic (exact) mass is 304 g/mol. The minimum absolute atomic E-state index is 0.0107. The molecule has 0 aliphatic carbocycles. The average Bonchev–Trinajstić information content (AvgIpc) is 2.49. The second kappa shape index (κ2) is 6.26. The van der Waals surface area contributed by atoms with E-state index in [-0.39, 0.29) is 29.2 Å². The number of carboxylic acid groups (broad SMARTS) is 1. The van der Waals surface area contributed by atoms with Gasteiger partial charge in [0.05, 0.1) is 14.2 Å². The van der Waals surface area contributed by atoms with E-state index in [9.17, 15) is 20.1 Å². The Morgan fingerprint density at radius 1 is 1.09 bits per heavy atom. The normalized spacial score (nSPS) is 10.3. The number of hydrogen-bond donors (Lipinski definition) is 3. The average molecular weight is 304 g/mol. The Morgan fingerprint density at radius 2 is 1.82 bits per heavy atom. The Morgan fingerprint density at radius 3 is 2.36 bits per heavy atom. The van der Waals surface area contributed by atoms with Crippen molar-refractivity contribution in [2.75, 3.05) is 14.2 Å². The summed E-state index contributed by atoms with van der Waals surface area (Å²) >= 11 is 0. The van der Waals surface area contributed by atoms with Crippen LogP contribution in [0, 0.1) is 0 Å². The van der Waals surface area contributed by atoms with Gasteiger partial charge in [-0.2, -0.15) is 0 Å². The number of rotatable bonds is 5. The molecule has 0 aliphatic rings. The minimum atomic E-state index is -1.12. The first kappa shape index (κ1) is 15.5. The third-order valence-electron chi connectivity index (χ3n) is 3.31. The topological polar surface area (TPSA) is 96.2 Å². The SMILES string of the molecule is COc1ccc(C(=O)O)c(OC)c1Cc1ccc(O)cc1O. The molecule has 0 saturated carbocycles. The van der Waals surface area contributed by atoms with Crippen LogP contribution in [-0.4, -0.2) is 35.5 Å². The van der Waals surface area contributed by atoms with Crippen molar-refractivity contribution in [1.29, 1.82) is 0 Å². The highest BCUT2D eigenvalue weighted by atomic mass is 16.5. The van der Waals surface area contributed by atoms with Crippen LogP contribution in [0.2, 0.25) is 0 Å². The highest BCUT2D eigenvalue weighted by Gasteiger charge is 2.20. The molecule has 0 amide bonds. The number of aromatic hydroxyl groups is 2. The highest BCUT2D eigenvalue weighted by molar-refractivity contribution is 5.92. The zero-order valence-corrected chi connectivity index (χ0v) is 12.2. The van der Waals surface area contributed by atoms with Crippen LogP contribution in [0.3, 0.4) is 0 Å². The Hall–Kier alpha value is -2.89. The number of carboxylic acids is 1. The summed E-state index contributed by atoms with van der Waals surface area (Å²) in [6, 6.07) is 7.15. The van der Waals surface area contributed by atoms with Gasteiger partial charge in [0, 0.05) is 18.1 Å². The minimum Gasteiger partial charge on any atom is -0.508 e. The molecule has 0 unspecified atom stereocenters. The van der Waals surface area contributed by atoms with E-state index in [1.807, 2.05) is 0 Å². The second-order valence-corrected chi connectivity index (χ2v) is 4.62. The molecule has 3 N–H and O–H groups in total. The molecule has 22 heavy (non-hydrogen) atoms. The maximum Gasteiger partial charge on any atom is 0.339 e. The van der Waals surface area contributed by atoms with E-state index in [1.54, 1.807) is 12.1 Å². The summed E-state index contributed by atoms with van der Waals surface area (Å²) in [5.41, 5.74) is 1.03. The molecule has 0 bridgehead atoms. The van der Waals surface area contributed by atoms with Crippen LogP contribution in [0.25, 0.3) is 0 Å². The first-order valence-corrected chi connectivity index (χ1v) is 6.46. The lowest BCUT2D eigenvalue weighted by Crippen LogP contribution is -2.06. The summed E-state index contributed by atoms with van der Waals surface area (Å²) in [5.74, 6) is -0.631. The highest BCUT2D eigenvalue weighted by Crippen LogP contribution is 2.36. The van der Waals surface area contributed by atoms with Gasteiger partial charge >= 0.3 is 5.97 Å². The lowest BCUT2D eigenvalue weighted by molar-refractivity contribution is 0.0693. The van der Waals surface area contributed by atoms with Gasteiger partial charge in [-0.1, -0.05) is 6.07 Å². The Labute approximate surface area is 127 Å². The number of phenols is 2. The molecule has 0 spiro atoms. The largest absolute Gasteiger partial charge is 0.508 e. The van der Waals surface area contributed by atoms with E-state index >= 15 is 0 Å². The summed E-state index contributed by atoms with van der Waals surface area (Å²) < 4.78 is 10.5. The molecule has 0 aromatic heterocycles. The van der Waals surface area contributed by atoms with Gasteiger partial charge < -0.3 is 24.8 Å². The molecular formula is C16H16O6. The zero-order chi connectivity index (χ0) is 16.3. The Balaban J connectivity index is 2.56. The van der Waals surface area contributed by atoms with Gasteiger partial charge in [-0.15, -0.1) is 0 Å². The fraction of sp³-hybridized carbons (Fsp3) is 0.188. The molecule has 6 nitrogen and oxygen atoms in total. The van der Waals surface area contributed by atoms with E-state index in [0.29, 0.717) is 16.9 Å². The standard InChI is InChI=1S/C16H16O6/c1-21-14-6-5-11(16(19)20)15(22-2)12(14)7-9-3-4-10(17)8-13(9)18/h3-6,8,17-18H,7H2,1-2H3,(H,19,20). The van der Waals surface area contributed by atoms with Gasteiger partial charge in [0.1, 0.15) is 28.6 Å². The van der Waals surface area contributed by atoms with Crippen LogP contribution in [0.1, 0.15) is 21.5 Å². The molecule has 2 aromatic carbocycles. The van der Waals surface area contributed by atoms with Crippen molar-refractivity contribution < 1.29 is 29.6 Å². The van der Waals surface area contributed by atoms with Crippen LogP contribution in [0.4, 0.5) is 0 Å². The third kappa shape index (κ3) is 2.90. The summed E-state index contributed by atoms with van der Waals surface area (Å²) in [6.07, 6.45) is 0.194. The van der Waals surface area contributed by atoms with Gasteiger partial charge in [0.15, 0.2) is 0 Å². The first-order chi connectivity index (χ1) is 10.5. The van der Waals surface area contributed by atoms with Crippen molar-refractivity contribution in [2.45, 2.75) is 6.42 Å². The van der Waals surface area contributed by atoms with Gasteiger partial charge in [-0.05, 0) is 23.8 Å². The smallest absolute Gasteiger partial charge is 0.339 e. The third-order valence-corrected chi connectivity index (χ3v) is 3.31. The molecule has 0 atom stereocenters. The number of ether oxygens (including phenoxy) is 2. The molecule has 6 heteroatoms. The number of benzene rings is 2. The predicted octanol–water partition coefficient (Wildman–Crippen LogP) is 2.40. The van der Waals surface area contributed by atoms with Crippen LogP contribution in [0.15, 0.2) is 30.3 Å². The molecule has 2 aromatic rings. The van der Waals surface area contributed by atoms with Crippen LogP contribution in [0.5, 0.6) is 23.0 Å². The van der Waals surface area contributed by atoms with Gasteiger partial charge in [-0.3, -0.25) is 0 Å². The zero-order valence-electron chi connectivity index (χ0n) is 12.2. The molecule has 0 radical (unpaired) electrons.